The minimum atomic E-state index is -0.792. The standard InChI is InChI=1S/C11H14N2O3S/c14-10(12-4-9-5-17-6-13-9)7-1-2-8(3-7)11(15)16/h5-8H,1-4H2,(H,12,14)(H,15,16). The molecule has 0 spiro atoms. The molecule has 0 bridgehead atoms. The van der Waals surface area contributed by atoms with Crippen molar-refractivity contribution in [2.75, 3.05) is 0 Å². The second kappa shape index (κ2) is 5.27. The number of amides is 1. The maximum absolute atomic E-state index is 11.8. The highest BCUT2D eigenvalue weighted by atomic mass is 32.1. The number of rotatable bonds is 4. The molecule has 17 heavy (non-hydrogen) atoms. The Labute approximate surface area is 103 Å². The van der Waals surface area contributed by atoms with E-state index in [0.717, 1.165) is 5.69 Å². The highest BCUT2D eigenvalue weighted by molar-refractivity contribution is 7.07. The third-order valence-corrected chi connectivity index (χ3v) is 3.72. The smallest absolute Gasteiger partial charge is 0.306 e. The van der Waals surface area contributed by atoms with Crippen LogP contribution in [0.2, 0.25) is 0 Å². The zero-order valence-corrected chi connectivity index (χ0v) is 10.1. The number of carbonyl (C=O) groups excluding carboxylic acids is 1. The summed E-state index contributed by atoms with van der Waals surface area (Å²) in [5.74, 6) is -1.36. The number of carboxylic acids is 1. The molecular weight excluding hydrogens is 240 g/mol. The Hall–Kier alpha value is -1.43. The quantitative estimate of drug-likeness (QED) is 0.847. The fourth-order valence-electron chi connectivity index (χ4n) is 2.09. The predicted octanol–water partition coefficient (Wildman–Crippen LogP) is 1.26. The highest BCUT2D eigenvalue weighted by Gasteiger charge is 2.33. The molecule has 0 saturated heterocycles. The molecule has 1 saturated carbocycles. The Bertz CT molecular complexity index is 405. The molecule has 1 aliphatic rings. The molecule has 0 aliphatic heterocycles. The van der Waals surface area contributed by atoms with Crippen LogP contribution in [0.3, 0.4) is 0 Å². The number of nitrogens with zero attached hydrogens (tertiary/aromatic N) is 1. The molecule has 1 aliphatic carbocycles. The molecule has 2 unspecified atom stereocenters. The Morgan fingerprint density at radius 1 is 1.47 bits per heavy atom. The van der Waals surface area contributed by atoms with Crippen molar-refractivity contribution in [1.29, 1.82) is 0 Å². The lowest BCUT2D eigenvalue weighted by molar-refractivity contribution is -0.141. The third-order valence-electron chi connectivity index (χ3n) is 3.08. The van der Waals surface area contributed by atoms with Gasteiger partial charge in [0.05, 0.1) is 23.7 Å². The van der Waals surface area contributed by atoms with E-state index >= 15 is 0 Å². The SMILES string of the molecule is O=C(O)C1CCC(C(=O)NCc2cscn2)C1. The van der Waals surface area contributed by atoms with Gasteiger partial charge in [0.1, 0.15) is 0 Å². The molecule has 6 heteroatoms. The molecule has 1 amide bonds. The van der Waals surface area contributed by atoms with E-state index in [2.05, 4.69) is 10.3 Å². The van der Waals surface area contributed by atoms with Crippen molar-refractivity contribution in [3.05, 3.63) is 16.6 Å². The number of aliphatic carboxylic acids is 1. The van der Waals surface area contributed by atoms with Gasteiger partial charge in [-0.1, -0.05) is 0 Å². The van der Waals surface area contributed by atoms with Gasteiger partial charge in [-0.15, -0.1) is 11.3 Å². The summed E-state index contributed by atoms with van der Waals surface area (Å²) in [5.41, 5.74) is 2.56. The van der Waals surface area contributed by atoms with Crippen LogP contribution in [0.4, 0.5) is 0 Å². The van der Waals surface area contributed by atoms with E-state index in [4.69, 9.17) is 5.11 Å². The van der Waals surface area contributed by atoms with E-state index in [-0.39, 0.29) is 17.7 Å². The number of hydrogen-bond acceptors (Lipinski definition) is 4. The molecule has 2 rings (SSSR count). The first-order valence-corrected chi connectivity index (χ1v) is 6.48. The lowest BCUT2D eigenvalue weighted by Gasteiger charge is -2.09. The van der Waals surface area contributed by atoms with Crippen LogP contribution in [0, 0.1) is 11.8 Å². The van der Waals surface area contributed by atoms with Crippen molar-refractivity contribution in [1.82, 2.24) is 10.3 Å². The summed E-state index contributed by atoms with van der Waals surface area (Å²) in [6.07, 6.45) is 1.72. The van der Waals surface area contributed by atoms with Gasteiger partial charge in [0.15, 0.2) is 0 Å². The lowest BCUT2D eigenvalue weighted by atomic mass is 10.0. The molecule has 0 radical (unpaired) electrons. The second-order valence-electron chi connectivity index (χ2n) is 4.24. The number of thiazole rings is 1. The Morgan fingerprint density at radius 2 is 2.24 bits per heavy atom. The molecule has 1 aromatic rings. The molecule has 1 heterocycles. The van der Waals surface area contributed by atoms with Crippen molar-refractivity contribution < 1.29 is 14.7 Å². The average molecular weight is 254 g/mol. The summed E-state index contributed by atoms with van der Waals surface area (Å²) in [7, 11) is 0. The van der Waals surface area contributed by atoms with E-state index in [0.29, 0.717) is 25.8 Å². The van der Waals surface area contributed by atoms with Crippen LogP contribution in [-0.4, -0.2) is 22.0 Å². The highest BCUT2D eigenvalue weighted by Crippen LogP contribution is 2.31. The van der Waals surface area contributed by atoms with Gasteiger partial charge in [-0.05, 0) is 19.3 Å². The zero-order chi connectivity index (χ0) is 12.3. The third kappa shape index (κ3) is 3.03. The van der Waals surface area contributed by atoms with E-state index in [9.17, 15) is 9.59 Å². The molecule has 1 fully saturated rings. The van der Waals surface area contributed by atoms with Crippen LogP contribution in [0.1, 0.15) is 25.0 Å². The van der Waals surface area contributed by atoms with Crippen LogP contribution in [0.25, 0.3) is 0 Å². The van der Waals surface area contributed by atoms with E-state index < -0.39 is 5.97 Å². The first kappa shape index (κ1) is 12.0. The second-order valence-corrected chi connectivity index (χ2v) is 4.96. The monoisotopic (exact) mass is 254 g/mol. The molecule has 92 valence electrons. The Balaban J connectivity index is 1.79. The van der Waals surface area contributed by atoms with E-state index in [1.54, 1.807) is 5.51 Å². The number of hydrogen-bond donors (Lipinski definition) is 2. The number of carbonyl (C=O) groups is 2. The maximum Gasteiger partial charge on any atom is 0.306 e. The summed E-state index contributed by atoms with van der Waals surface area (Å²) >= 11 is 1.49. The van der Waals surface area contributed by atoms with Gasteiger partial charge in [-0.2, -0.15) is 0 Å². The van der Waals surface area contributed by atoms with Crippen LogP contribution >= 0.6 is 11.3 Å². The zero-order valence-electron chi connectivity index (χ0n) is 9.26. The van der Waals surface area contributed by atoms with Crippen molar-refractivity contribution in [3.63, 3.8) is 0 Å². The normalized spacial score (nSPS) is 23.5. The first-order valence-electron chi connectivity index (χ1n) is 5.54. The summed E-state index contributed by atoms with van der Waals surface area (Å²) in [6.45, 7) is 0.427. The summed E-state index contributed by atoms with van der Waals surface area (Å²) in [5, 5.41) is 13.5. The molecule has 0 aromatic carbocycles. The minimum absolute atomic E-state index is 0.0539. The number of aromatic nitrogens is 1. The summed E-state index contributed by atoms with van der Waals surface area (Å²) in [4.78, 5) is 26.6. The van der Waals surface area contributed by atoms with Gasteiger partial charge >= 0.3 is 5.97 Å². The van der Waals surface area contributed by atoms with Crippen LogP contribution in [0.5, 0.6) is 0 Å². The van der Waals surface area contributed by atoms with Gasteiger partial charge in [-0.3, -0.25) is 9.59 Å². The molecule has 1 aromatic heterocycles. The van der Waals surface area contributed by atoms with Crippen LogP contribution in [0.15, 0.2) is 10.9 Å². The van der Waals surface area contributed by atoms with Crippen molar-refractivity contribution in [2.24, 2.45) is 11.8 Å². The van der Waals surface area contributed by atoms with Gasteiger partial charge in [0.25, 0.3) is 0 Å². The van der Waals surface area contributed by atoms with Crippen molar-refractivity contribution in [3.8, 4) is 0 Å². The molecular formula is C11H14N2O3S. The van der Waals surface area contributed by atoms with Gasteiger partial charge in [0, 0.05) is 11.3 Å². The molecule has 2 atom stereocenters. The predicted molar refractivity (Wildman–Crippen MR) is 62.4 cm³/mol. The first-order chi connectivity index (χ1) is 8.16. The number of nitrogens with one attached hydrogen (secondary N) is 1. The fourth-order valence-corrected chi connectivity index (χ4v) is 2.65. The van der Waals surface area contributed by atoms with Gasteiger partial charge in [0.2, 0.25) is 5.91 Å². The fraction of sp³-hybridized carbons (Fsp3) is 0.545. The largest absolute Gasteiger partial charge is 0.481 e. The van der Waals surface area contributed by atoms with Gasteiger partial charge in [-0.25, -0.2) is 4.98 Å². The van der Waals surface area contributed by atoms with Gasteiger partial charge < -0.3 is 10.4 Å². The topological polar surface area (TPSA) is 79.3 Å². The lowest BCUT2D eigenvalue weighted by Crippen LogP contribution is -2.29. The van der Waals surface area contributed by atoms with Crippen LogP contribution < -0.4 is 5.32 Å². The van der Waals surface area contributed by atoms with E-state index in [1.165, 1.54) is 11.3 Å². The average Bonchev–Trinajstić information content (AvgIpc) is 2.96. The van der Waals surface area contributed by atoms with E-state index in [1.807, 2.05) is 5.38 Å². The van der Waals surface area contributed by atoms with Crippen molar-refractivity contribution >= 4 is 23.2 Å². The Kier molecular flexibility index (Phi) is 3.73. The summed E-state index contributed by atoms with van der Waals surface area (Å²) < 4.78 is 0. The molecule has 2 N–H and O–H groups in total. The molecule has 5 nitrogen and oxygen atoms in total. The Morgan fingerprint density at radius 3 is 2.82 bits per heavy atom. The van der Waals surface area contributed by atoms with Crippen molar-refractivity contribution in [2.45, 2.75) is 25.8 Å². The minimum Gasteiger partial charge on any atom is -0.481 e. The summed E-state index contributed by atoms with van der Waals surface area (Å²) in [6, 6.07) is 0. The maximum atomic E-state index is 11.8. The number of carboxylic acid groups (broad SMARTS) is 1. The van der Waals surface area contributed by atoms with Crippen LogP contribution in [-0.2, 0) is 16.1 Å².